The summed E-state index contributed by atoms with van der Waals surface area (Å²) in [6.07, 6.45) is 2.01. The van der Waals surface area contributed by atoms with E-state index < -0.39 is 0 Å². The van der Waals surface area contributed by atoms with Crippen molar-refractivity contribution in [3.8, 4) is 0 Å². The first kappa shape index (κ1) is 10.9. The lowest BCUT2D eigenvalue weighted by atomic mass is 10.1. The van der Waals surface area contributed by atoms with E-state index in [1.54, 1.807) is 30.5 Å². The highest BCUT2D eigenvalue weighted by Gasteiger charge is 2.07. The van der Waals surface area contributed by atoms with E-state index in [0.717, 1.165) is 5.56 Å². The van der Waals surface area contributed by atoms with E-state index in [-0.39, 0.29) is 5.82 Å². The highest BCUT2D eigenvalue weighted by molar-refractivity contribution is 6.31. The van der Waals surface area contributed by atoms with Crippen molar-refractivity contribution in [3.63, 3.8) is 0 Å². The van der Waals surface area contributed by atoms with Crippen molar-refractivity contribution in [1.82, 2.24) is 4.98 Å². The number of hydrogen-bond acceptors (Lipinski definition) is 2. The molecule has 0 unspecified atom stereocenters. The summed E-state index contributed by atoms with van der Waals surface area (Å²) < 4.78 is 13.5. The van der Waals surface area contributed by atoms with Gasteiger partial charge < -0.3 is 5.73 Å². The van der Waals surface area contributed by atoms with Crippen molar-refractivity contribution in [3.05, 3.63) is 58.5 Å². The number of aromatic nitrogens is 1. The molecule has 4 heteroatoms. The third kappa shape index (κ3) is 2.31. The molecule has 1 aromatic carbocycles. The third-order valence-electron chi connectivity index (χ3n) is 2.29. The van der Waals surface area contributed by atoms with Crippen molar-refractivity contribution in [2.24, 2.45) is 0 Å². The predicted octanol–water partition coefficient (Wildman–Crippen LogP) is 3.05. The minimum atomic E-state index is -0.303. The molecular weight excluding hydrogens is 227 g/mol. The van der Waals surface area contributed by atoms with Gasteiger partial charge in [-0.25, -0.2) is 9.37 Å². The summed E-state index contributed by atoms with van der Waals surface area (Å²) in [6.45, 7) is 0. The second-order valence-electron chi connectivity index (χ2n) is 3.47. The van der Waals surface area contributed by atoms with Crippen molar-refractivity contribution < 1.29 is 4.39 Å². The van der Waals surface area contributed by atoms with Gasteiger partial charge in [-0.2, -0.15) is 0 Å². The van der Waals surface area contributed by atoms with Gasteiger partial charge in [-0.1, -0.05) is 17.7 Å². The first-order valence-electron chi connectivity index (χ1n) is 4.80. The first-order valence-corrected chi connectivity index (χ1v) is 5.18. The topological polar surface area (TPSA) is 38.9 Å². The summed E-state index contributed by atoms with van der Waals surface area (Å²) in [5.74, 6) is 0.118. The Morgan fingerprint density at radius 2 is 2.12 bits per heavy atom. The summed E-state index contributed by atoms with van der Waals surface area (Å²) in [6, 6.07) is 8.15. The Bertz CT molecular complexity index is 494. The number of hydrogen-bond donors (Lipinski definition) is 1. The third-order valence-corrected chi connectivity index (χ3v) is 2.64. The van der Waals surface area contributed by atoms with E-state index in [0.29, 0.717) is 22.8 Å². The fourth-order valence-electron chi connectivity index (χ4n) is 1.51. The Hall–Kier alpha value is -1.61. The summed E-state index contributed by atoms with van der Waals surface area (Å²) >= 11 is 5.93. The van der Waals surface area contributed by atoms with Crippen molar-refractivity contribution in [2.75, 3.05) is 5.73 Å². The summed E-state index contributed by atoms with van der Waals surface area (Å²) in [4.78, 5) is 3.88. The number of halogens is 2. The number of anilines is 1. The zero-order chi connectivity index (χ0) is 11.5. The van der Waals surface area contributed by atoms with Crippen LogP contribution in [0.1, 0.15) is 11.1 Å². The zero-order valence-electron chi connectivity index (χ0n) is 8.45. The monoisotopic (exact) mass is 236 g/mol. The van der Waals surface area contributed by atoms with Crippen LogP contribution in [0.15, 0.2) is 36.5 Å². The van der Waals surface area contributed by atoms with Crippen LogP contribution in [-0.2, 0) is 6.42 Å². The quantitative estimate of drug-likeness (QED) is 0.871. The van der Waals surface area contributed by atoms with Crippen LogP contribution in [0.5, 0.6) is 0 Å². The minimum absolute atomic E-state index is 0.303. The molecule has 0 bridgehead atoms. The smallest absolute Gasteiger partial charge is 0.128 e. The molecule has 2 rings (SSSR count). The van der Waals surface area contributed by atoms with Crippen molar-refractivity contribution >= 4 is 17.4 Å². The maximum atomic E-state index is 13.5. The van der Waals surface area contributed by atoms with Crippen LogP contribution in [0.2, 0.25) is 5.02 Å². The average Bonchev–Trinajstić information content (AvgIpc) is 2.24. The molecule has 16 heavy (non-hydrogen) atoms. The van der Waals surface area contributed by atoms with E-state index in [4.69, 9.17) is 17.3 Å². The molecule has 0 aliphatic heterocycles. The molecule has 1 heterocycles. The molecule has 2 nitrogen and oxygen atoms in total. The normalized spacial score (nSPS) is 10.4. The van der Waals surface area contributed by atoms with Crippen LogP contribution in [0.3, 0.4) is 0 Å². The van der Waals surface area contributed by atoms with Gasteiger partial charge in [-0.3, -0.25) is 0 Å². The Morgan fingerprint density at radius 1 is 1.31 bits per heavy atom. The summed E-state index contributed by atoms with van der Waals surface area (Å²) in [5.41, 5.74) is 6.92. The van der Waals surface area contributed by atoms with Gasteiger partial charge in [0.05, 0.1) is 0 Å². The van der Waals surface area contributed by atoms with Gasteiger partial charge in [0.25, 0.3) is 0 Å². The van der Waals surface area contributed by atoms with Crippen LogP contribution in [-0.4, -0.2) is 4.98 Å². The fourth-order valence-corrected chi connectivity index (χ4v) is 1.74. The van der Waals surface area contributed by atoms with E-state index in [9.17, 15) is 4.39 Å². The molecular formula is C12H10ClFN2. The Kier molecular flexibility index (Phi) is 3.06. The minimum Gasteiger partial charge on any atom is -0.384 e. The number of benzene rings is 1. The van der Waals surface area contributed by atoms with Crippen LogP contribution in [0, 0.1) is 5.82 Å². The molecule has 0 aliphatic carbocycles. The molecule has 2 N–H and O–H groups in total. The summed E-state index contributed by atoms with van der Waals surface area (Å²) in [7, 11) is 0. The Morgan fingerprint density at radius 3 is 2.81 bits per heavy atom. The Labute approximate surface area is 97.9 Å². The molecule has 0 atom stereocenters. The van der Waals surface area contributed by atoms with Gasteiger partial charge in [0, 0.05) is 23.2 Å². The van der Waals surface area contributed by atoms with Gasteiger partial charge in [-0.05, 0) is 29.8 Å². The second-order valence-corrected chi connectivity index (χ2v) is 3.87. The lowest BCUT2D eigenvalue weighted by Crippen LogP contribution is -1.96. The van der Waals surface area contributed by atoms with Gasteiger partial charge in [0.2, 0.25) is 0 Å². The maximum Gasteiger partial charge on any atom is 0.128 e. The number of rotatable bonds is 2. The van der Waals surface area contributed by atoms with Crippen LogP contribution >= 0.6 is 11.6 Å². The molecule has 0 fully saturated rings. The molecule has 0 saturated heterocycles. The maximum absolute atomic E-state index is 13.5. The number of pyridine rings is 1. The molecule has 0 saturated carbocycles. The molecule has 0 amide bonds. The van der Waals surface area contributed by atoms with Crippen molar-refractivity contribution in [1.29, 1.82) is 0 Å². The lowest BCUT2D eigenvalue weighted by molar-refractivity contribution is 0.614. The van der Waals surface area contributed by atoms with E-state index in [1.165, 1.54) is 6.07 Å². The highest BCUT2D eigenvalue weighted by atomic mass is 35.5. The van der Waals surface area contributed by atoms with E-state index in [2.05, 4.69) is 4.98 Å². The number of nitrogens with two attached hydrogens (primary N) is 1. The van der Waals surface area contributed by atoms with Gasteiger partial charge in [0.15, 0.2) is 0 Å². The SMILES string of the molecule is Nc1cc(Cc2c(F)cccc2Cl)ccn1. The summed E-state index contributed by atoms with van der Waals surface area (Å²) in [5, 5.41) is 0.426. The molecule has 82 valence electrons. The van der Waals surface area contributed by atoms with Crippen LogP contribution in [0.4, 0.5) is 10.2 Å². The van der Waals surface area contributed by atoms with Crippen LogP contribution in [0.25, 0.3) is 0 Å². The lowest BCUT2D eigenvalue weighted by Gasteiger charge is -2.06. The Balaban J connectivity index is 2.34. The predicted molar refractivity (Wildman–Crippen MR) is 62.9 cm³/mol. The first-order chi connectivity index (χ1) is 7.66. The molecule has 0 aliphatic rings. The van der Waals surface area contributed by atoms with E-state index in [1.807, 2.05) is 0 Å². The highest BCUT2D eigenvalue weighted by Crippen LogP contribution is 2.22. The largest absolute Gasteiger partial charge is 0.384 e. The number of nitrogen functional groups attached to an aromatic ring is 1. The van der Waals surface area contributed by atoms with E-state index >= 15 is 0 Å². The standard InChI is InChI=1S/C12H10ClFN2/c13-10-2-1-3-11(14)9(10)6-8-4-5-16-12(15)7-8/h1-5,7H,6H2,(H2,15,16). The fraction of sp³-hybridized carbons (Fsp3) is 0.0833. The van der Waals surface area contributed by atoms with Gasteiger partial charge >= 0.3 is 0 Å². The van der Waals surface area contributed by atoms with Crippen molar-refractivity contribution in [2.45, 2.75) is 6.42 Å². The molecule has 2 aromatic rings. The van der Waals surface area contributed by atoms with Gasteiger partial charge in [-0.15, -0.1) is 0 Å². The average molecular weight is 237 g/mol. The van der Waals surface area contributed by atoms with Gasteiger partial charge in [0.1, 0.15) is 11.6 Å². The molecule has 0 radical (unpaired) electrons. The van der Waals surface area contributed by atoms with Crippen LogP contribution < -0.4 is 5.73 Å². The second kappa shape index (κ2) is 4.49. The zero-order valence-corrected chi connectivity index (χ0v) is 9.21. The molecule has 1 aromatic heterocycles. The molecule has 0 spiro atoms. The number of nitrogens with zero attached hydrogens (tertiary/aromatic N) is 1.